The van der Waals surface area contributed by atoms with Gasteiger partial charge in [-0.05, 0) is 56.9 Å². The second-order valence-corrected chi connectivity index (χ2v) is 8.65. The predicted octanol–water partition coefficient (Wildman–Crippen LogP) is 1.84. The van der Waals surface area contributed by atoms with Crippen molar-refractivity contribution in [1.29, 1.82) is 0 Å². The van der Waals surface area contributed by atoms with Crippen molar-refractivity contribution in [3.8, 4) is 0 Å². The summed E-state index contributed by atoms with van der Waals surface area (Å²) >= 11 is 0. The van der Waals surface area contributed by atoms with Crippen molar-refractivity contribution in [3.05, 3.63) is 27.7 Å². The molecule has 5 unspecified atom stereocenters. The third-order valence-corrected chi connectivity index (χ3v) is 6.84. The summed E-state index contributed by atoms with van der Waals surface area (Å²) < 4.78 is 7.04. The number of Topliss-reactive ketones (excluding diaryl/α,β-unsaturated/α-hetero) is 1. The third-order valence-electron chi connectivity index (χ3n) is 6.84. The number of anilines is 1. The fourth-order valence-corrected chi connectivity index (χ4v) is 5.18. The summed E-state index contributed by atoms with van der Waals surface area (Å²) in [5.41, 5.74) is 1.22. The molecular formula is C21H26N4O4. The zero-order chi connectivity index (χ0) is 20.3. The number of carbonyl (C=O) groups excluding carboxylic acids is 1. The first-order valence-electron chi connectivity index (χ1n) is 10.4. The van der Waals surface area contributed by atoms with Crippen LogP contribution in [0.3, 0.4) is 0 Å². The summed E-state index contributed by atoms with van der Waals surface area (Å²) in [6, 6.07) is -0.108. The van der Waals surface area contributed by atoms with Gasteiger partial charge < -0.3 is 15.2 Å². The Morgan fingerprint density at radius 3 is 2.83 bits per heavy atom. The number of fused-ring (bicyclic) bond motifs is 2. The second kappa shape index (κ2) is 6.88. The minimum Gasteiger partial charge on any atom is -0.389 e. The molecule has 29 heavy (non-hydrogen) atoms. The monoisotopic (exact) mass is 398 g/mol. The molecule has 8 heteroatoms. The van der Waals surface area contributed by atoms with Crippen molar-refractivity contribution in [1.82, 2.24) is 14.5 Å². The number of ketones is 1. The van der Waals surface area contributed by atoms with E-state index in [0.29, 0.717) is 42.0 Å². The standard InChI is InChI=1S/C21H26N4O4/c1-10-14-8-22-21(23-15-5-6-29-9-17(15)27)24-19(14)25(20(28)18(10)11(2)26)16-4-3-12-7-13(12)16/h8,12-13,15-17,27H,3-7,9H2,1-2H3,(H,22,23,24). The van der Waals surface area contributed by atoms with Crippen LogP contribution in [-0.2, 0) is 4.74 Å². The number of ether oxygens (including phenoxy) is 1. The van der Waals surface area contributed by atoms with Gasteiger partial charge in [0.05, 0.1) is 24.3 Å². The lowest BCUT2D eigenvalue weighted by Crippen LogP contribution is -2.42. The highest BCUT2D eigenvalue weighted by Gasteiger charge is 2.49. The highest BCUT2D eigenvalue weighted by atomic mass is 16.5. The van der Waals surface area contributed by atoms with Gasteiger partial charge >= 0.3 is 0 Å². The fourth-order valence-electron chi connectivity index (χ4n) is 5.18. The number of aliphatic hydroxyl groups excluding tert-OH is 1. The Morgan fingerprint density at radius 2 is 2.17 bits per heavy atom. The van der Waals surface area contributed by atoms with E-state index in [4.69, 9.17) is 9.72 Å². The molecule has 2 N–H and O–H groups in total. The largest absolute Gasteiger partial charge is 0.389 e. The average molecular weight is 398 g/mol. The summed E-state index contributed by atoms with van der Waals surface area (Å²) in [7, 11) is 0. The lowest BCUT2D eigenvalue weighted by molar-refractivity contribution is -0.0136. The van der Waals surface area contributed by atoms with Crippen LogP contribution < -0.4 is 10.9 Å². The molecule has 0 radical (unpaired) electrons. The Hall–Kier alpha value is -2.32. The van der Waals surface area contributed by atoms with E-state index in [-0.39, 0.29) is 35.6 Å². The molecule has 1 saturated heterocycles. The SMILES string of the molecule is CC(=O)c1c(C)c2cnc(NC3CCOCC3O)nc2n(C2CCC3CC32)c1=O. The van der Waals surface area contributed by atoms with E-state index in [1.807, 2.05) is 0 Å². The molecule has 3 aliphatic rings. The molecule has 8 nitrogen and oxygen atoms in total. The van der Waals surface area contributed by atoms with Crippen molar-refractivity contribution in [2.24, 2.45) is 11.8 Å². The Labute approximate surface area is 168 Å². The van der Waals surface area contributed by atoms with E-state index < -0.39 is 6.10 Å². The quantitative estimate of drug-likeness (QED) is 0.757. The van der Waals surface area contributed by atoms with Gasteiger partial charge in [-0.2, -0.15) is 4.98 Å². The molecule has 5 rings (SSSR count). The van der Waals surface area contributed by atoms with Gasteiger partial charge in [0.15, 0.2) is 5.78 Å². The molecule has 3 heterocycles. The molecular weight excluding hydrogens is 372 g/mol. The normalized spacial score (nSPS) is 30.9. The van der Waals surface area contributed by atoms with Crippen molar-refractivity contribution in [3.63, 3.8) is 0 Å². The third kappa shape index (κ3) is 3.05. The minimum atomic E-state index is -0.630. The van der Waals surface area contributed by atoms with Crippen LogP contribution in [0.2, 0.25) is 0 Å². The summed E-state index contributed by atoms with van der Waals surface area (Å²) in [5, 5.41) is 14.1. The Kier molecular flexibility index (Phi) is 4.43. The molecule has 5 atom stereocenters. The van der Waals surface area contributed by atoms with Crippen molar-refractivity contribution in [2.45, 2.75) is 57.7 Å². The molecule has 0 aromatic carbocycles. The van der Waals surface area contributed by atoms with Crippen LogP contribution >= 0.6 is 0 Å². The number of aromatic nitrogens is 3. The van der Waals surface area contributed by atoms with Gasteiger partial charge in [0.2, 0.25) is 5.95 Å². The number of hydrogen-bond donors (Lipinski definition) is 2. The van der Waals surface area contributed by atoms with Crippen LogP contribution in [0.5, 0.6) is 0 Å². The molecule has 2 aromatic heterocycles. The first kappa shape index (κ1) is 18.7. The van der Waals surface area contributed by atoms with Crippen LogP contribution in [0.15, 0.2) is 11.0 Å². The maximum Gasteiger partial charge on any atom is 0.263 e. The number of carbonyl (C=O) groups is 1. The summed E-state index contributed by atoms with van der Waals surface area (Å²) in [4.78, 5) is 34.7. The number of hydrogen-bond acceptors (Lipinski definition) is 7. The van der Waals surface area contributed by atoms with Crippen molar-refractivity contribution >= 4 is 22.8 Å². The Morgan fingerprint density at radius 1 is 1.34 bits per heavy atom. The number of pyridine rings is 1. The molecule has 3 fully saturated rings. The summed E-state index contributed by atoms with van der Waals surface area (Å²) in [6.07, 6.45) is 4.92. The predicted molar refractivity (Wildman–Crippen MR) is 107 cm³/mol. The van der Waals surface area contributed by atoms with Gasteiger partial charge in [-0.15, -0.1) is 0 Å². The molecule has 2 aromatic rings. The number of aryl methyl sites for hydroxylation is 1. The Bertz CT molecular complexity index is 1050. The molecule has 2 saturated carbocycles. The van der Waals surface area contributed by atoms with Gasteiger partial charge in [0, 0.05) is 24.2 Å². The molecule has 0 bridgehead atoms. The number of rotatable bonds is 4. The van der Waals surface area contributed by atoms with Crippen LogP contribution in [-0.4, -0.2) is 50.8 Å². The molecule has 2 aliphatic carbocycles. The van der Waals surface area contributed by atoms with Gasteiger partial charge in [0.25, 0.3) is 5.56 Å². The molecule has 154 valence electrons. The van der Waals surface area contributed by atoms with Gasteiger partial charge in [-0.25, -0.2) is 4.98 Å². The minimum absolute atomic E-state index is 0.0881. The maximum atomic E-state index is 13.4. The van der Waals surface area contributed by atoms with Crippen LogP contribution in [0.1, 0.15) is 54.6 Å². The van der Waals surface area contributed by atoms with E-state index >= 15 is 0 Å². The van der Waals surface area contributed by atoms with Gasteiger partial charge in [0.1, 0.15) is 5.65 Å². The number of nitrogens with zero attached hydrogens (tertiary/aromatic N) is 3. The van der Waals surface area contributed by atoms with Crippen molar-refractivity contribution < 1.29 is 14.6 Å². The van der Waals surface area contributed by atoms with E-state index in [2.05, 4.69) is 10.3 Å². The first-order valence-corrected chi connectivity index (χ1v) is 10.4. The number of aliphatic hydroxyl groups is 1. The number of nitrogens with one attached hydrogen (secondary N) is 1. The maximum absolute atomic E-state index is 13.4. The van der Waals surface area contributed by atoms with E-state index in [9.17, 15) is 14.7 Å². The van der Waals surface area contributed by atoms with E-state index in [1.165, 1.54) is 6.92 Å². The molecule has 0 spiro atoms. The highest BCUT2D eigenvalue weighted by molar-refractivity contribution is 5.99. The van der Waals surface area contributed by atoms with Crippen LogP contribution in [0.4, 0.5) is 5.95 Å². The van der Waals surface area contributed by atoms with E-state index in [1.54, 1.807) is 17.7 Å². The van der Waals surface area contributed by atoms with Gasteiger partial charge in [-0.3, -0.25) is 14.2 Å². The van der Waals surface area contributed by atoms with Crippen LogP contribution in [0.25, 0.3) is 11.0 Å². The first-order chi connectivity index (χ1) is 14.0. The second-order valence-electron chi connectivity index (χ2n) is 8.65. The fraction of sp³-hybridized carbons (Fsp3) is 0.619. The zero-order valence-corrected chi connectivity index (χ0v) is 16.7. The summed E-state index contributed by atoms with van der Waals surface area (Å²) in [5.74, 6) is 1.36. The molecule has 1 aliphatic heterocycles. The lowest BCUT2D eigenvalue weighted by Gasteiger charge is -2.28. The molecule has 0 amide bonds. The van der Waals surface area contributed by atoms with Crippen LogP contribution in [0, 0.1) is 18.8 Å². The van der Waals surface area contributed by atoms with E-state index in [0.717, 1.165) is 24.6 Å². The lowest BCUT2D eigenvalue weighted by atomic mass is 10.0. The van der Waals surface area contributed by atoms with Gasteiger partial charge in [-0.1, -0.05) is 0 Å². The zero-order valence-electron chi connectivity index (χ0n) is 16.7. The average Bonchev–Trinajstić information content (AvgIpc) is 3.35. The smallest absolute Gasteiger partial charge is 0.263 e. The Balaban J connectivity index is 1.64. The summed E-state index contributed by atoms with van der Waals surface area (Å²) in [6.45, 7) is 4.08. The topological polar surface area (TPSA) is 106 Å². The highest BCUT2D eigenvalue weighted by Crippen LogP contribution is 2.57. The van der Waals surface area contributed by atoms with Crippen molar-refractivity contribution in [2.75, 3.05) is 18.5 Å².